The first kappa shape index (κ1) is 23.5. The van der Waals surface area contributed by atoms with Gasteiger partial charge in [-0.2, -0.15) is 4.31 Å². The molecule has 1 aromatic carbocycles. The molecule has 1 N–H and O–H groups in total. The van der Waals surface area contributed by atoms with Crippen LogP contribution in [0.2, 0.25) is 0 Å². The maximum Gasteiger partial charge on any atom is 0.247 e. The van der Waals surface area contributed by atoms with Crippen molar-refractivity contribution in [3.63, 3.8) is 0 Å². The molecule has 1 atom stereocenters. The summed E-state index contributed by atoms with van der Waals surface area (Å²) in [4.78, 5) is 27.2. The van der Waals surface area contributed by atoms with Gasteiger partial charge in [0.1, 0.15) is 11.8 Å². The molecular weight excluding hydrogens is 418 g/mol. The number of ether oxygens (including phenoxy) is 1. The number of amides is 2. The van der Waals surface area contributed by atoms with Crippen LogP contribution in [0.3, 0.4) is 0 Å². The van der Waals surface area contributed by atoms with Crippen molar-refractivity contribution in [2.24, 2.45) is 5.92 Å². The summed E-state index contributed by atoms with van der Waals surface area (Å²) in [6, 6.07) is 3.97. The second-order valence-electron chi connectivity index (χ2n) is 8.51. The van der Waals surface area contributed by atoms with Gasteiger partial charge in [0.2, 0.25) is 21.8 Å². The van der Waals surface area contributed by atoms with E-state index in [0.29, 0.717) is 37.5 Å². The largest absolute Gasteiger partial charge is 0.495 e. The number of carbonyl (C=O) groups is 2. The zero-order valence-electron chi connectivity index (χ0n) is 18.6. The molecule has 0 spiro atoms. The summed E-state index contributed by atoms with van der Waals surface area (Å²) >= 11 is 0. The molecule has 2 heterocycles. The van der Waals surface area contributed by atoms with Crippen LogP contribution < -0.4 is 10.1 Å². The summed E-state index contributed by atoms with van der Waals surface area (Å²) in [6.07, 6.45) is 5.10. The normalized spacial score (nSPS) is 20.5. The van der Waals surface area contributed by atoms with E-state index >= 15 is 0 Å². The number of sulfonamides is 1. The Kier molecular flexibility index (Phi) is 7.59. The lowest BCUT2D eigenvalue weighted by Crippen LogP contribution is -2.44. The van der Waals surface area contributed by atoms with Gasteiger partial charge in [-0.25, -0.2) is 8.42 Å². The number of hydrogen-bond donors (Lipinski definition) is 1. The van der Waals surface area contributed by atoms with Gasteiger partial charge in [-0.3, -0.25) is 9.59 Å². The summed E-state index contributed by atoms with van der Waals surface area (Å²) in [5, 5.41) is 2.81. The first-order valence-electron chi connectivity index (χ1n) is 11.0. The van der Waals surface area contributed by atoms with E-state index in [4.69, 9.17) is 4.74 Å². The first-order valence-corrected chi connectivity index (χ1v) is 12.5. The second kappa shape index (κ2) is 9.99. The fourth-order valence-corrected chi connectivity index (χ4v) is 5.77. The van der Waals surface area contributed by atoms with E-state index in [2.05, 4.69) is 5.32 Å². The van der Waals surface area contributed by atoms with Crippen molar-refractivity contribution in [2.45, 2.75) is 63.3 Å². The van der Waals surface area contributed by atoms with Crippen LogP contribution in [0.5, 0.6) is 5.75 Å². The third-order valence-corrected chi connectivity index (χ3v) is 7.86. The monoisotopic (exact) mass is 451 g/mol. The highest BCUT2D eigenvalue weighted by Crippen LogP contribution is 2.31. The molecule has 2 aliphatic rings. The Labute approximate surface area is 185 Å². The van der Waals surface area contributed by atoms with Gasteiger partial charge in [0.05, 0.1) is 17.7 Å². The number of nitrogens with zero attached hydrogens (tertiary/aromatic N) is 2. The molecule has 3 rings (SSSR count). The van der Waals surface area contributed by atoms with E-state index in [1.165, 1.54) is 23.5 Å². The van der Waals surface area contributed by atoms with Crippen molar-refractivity contribution in [2.75, 3.05) is 32.1 Å². The van der Waals surface area contributed by atoms with Crippen molar-refractivity contribution in [3.05, 3.63) is 18.2 Å². The van der Waals surface area contributed by atoms with Crippen LogP contribution >= 0.6 is 0 Å². The zero-order chi connectivity index (χ0) is 22.6. The third kappa shape index (κ3) is 5.20. The molecule has 9 heteroatoms. The van der Waals surface area contributed by atoms with Gasteiger partial charge in [-0.1, -0.05) is 26.7 Å². The topological polar surface area (TPSA) is 96.0 Å². The van der Waals surface area contributed by atoms with E-state index in [9.17, 15) is 18.0 Å². The highest BCUT2D eigenvalue weighted by Gasteiger charge is 2.35. The molecule has 2 aliphatic heterocycles. The molecule has 31 heavy (non-hydrogen) atoms. The molecular formula is C22H33N3O5S. The first-order chi connectivity index (χ1) is 14.8. The Balaban J connectivity index is 1.84. The molecule has 0 radical (unpaired) electrons. The van der Waals surface area contributed by atoms with Gasteiger partial charge < -0.3 is 15.0 Å². The van der Waals surface area contributed by atoms with E-state index in [1.807, 2.05) is 13.8 Å². The number of likely N-dealkylation sites (tertiary alicyclic amines) is 1. The molecule has 0 aromatic heterocycles. The number of hydrogen-bond acceptors (Lipinski definition) is 5. The van der Waals surface area contributed by atoms with Gasteiger partial charge >= 0.3 is 0 Å². The SMILES string of the molecule is COc1ccc(S(=O)(=O)N2CCCCCC2)cc1NC(=O)C1CCCN1C(=O)C(C)C. The van der Waals surface area contributed by atoms with Crippen LogP contribution in [0.15, 0.2) is 23.1 Å². The van der Waals surface area contributed by atoms with E-state index in [1.54, 1.807) is 11.0 Å². The molecule has 2 fully saturated rings. The van der Waals surface area contributed by atoms with Gasteiger partial charge in [-0.15, -0.1) is 0 Å². The molecule has 0 bridgehead atoms. The predicted molar refractivity (Wildman–Crippen MR) is 118 cm³/mol. The van der Waals surface area contributed by atoms with E-state index in [0.717, 1.165) is 32.1 Å². The number of carbonyl (C=O) groups excluding carboxylic acids is 2. The van der Waals surface area contributed by atoms with Crippen molar-refractivity contribution >= 4 is 27.5 Å². The quantitative estimate of drug-likeness (QED) is 0.717. The van der Waals surface area contributed by atoms with E-state index < -0.39 is 16.1 Å². The van der Waals surface area contributed by atoms with Crippen molar-refractivity contribution in [3.8, 4) is 5.75 Å². The van der Waals surface area contributed by atoms with Gasteiger partial charge in [0.15, 0.2) is 0 Å². The summed E-state index contributed by atoms with van der Waals surface area (Å²) in [5.74, 6) is -0.191. The highest BCUT2D eigenvalue weighted by molar-refractivity contribution is 7.89. The van der Waals surface area contributed by atoms with Crippen LogP contribution in [0.4, 0.5) is 5.69 Å². The van der Waals surface area contributed by atoms with Gasteiger partial charge in [-0.05, 0) is 43.9 Å². The minimum atomic E-state index is -3.66. The summed E-state index contributed by atoms with van der Waals surface area (Å²) in [6.45, 7) is 5.19. The van der Waals surface area contributed by atoms with Crippen LogP contribution in [-0.4, -0.2) is 62.2 Å². The molecule has 1 aromatic rings. The summed E-state index contributed by atoms with van der Waals surface area (Å²) in [5.41, 5.74) is 0.298. The molecule has 2 saturated heterocycles. The molecule has 1 unspecified atom stereocenters. The Bertz CT molecular complexity index is 908. The Morgan fingerprint density at radius 3 is 2.35 bits per heavy atom. The number of methoxy groups -OCH3 is 1. The minimum Gasteiger partial charge on any atom is -0.495 e. The van der Waals surface area contributed by atoms with Crippen LogP contribution in [0.25, 0.3) is 0 Å². The number of nitrogens with one attached hydrogen (secondary N) is 1. The fourth-order valence-electron chi connectivity index (χ4n) is 4.23. The van der Waals surface area contributed by atoms with Gasteiger partial charge in [0, 0.05) is 25.6 Å². The highest BCUT2D eigenvalue weighted by atomic mass is 32.2. The lowest BCUT2D eigenvalue weighted by atomic mass is 10.1. The Hall–Kier alpha value is -2.13. The van der Waals surface area contributed by atoms with Crippen LogP contribution in [0.1, 0.15) is 52.4 Å². The average Bonchev–Trinajstić information content (AvgIpc) is 3.07. The molecule has 2 amide bonds. The second-order valence-corrected chi connectivity index (χ2v) is 10.5. The number of benzene rings is 1. The van der Waals surface area contributed by atoms with Crippen LogP contribution in [0, 0.1) is 5.92 Å². The van der Waals surface area contributed by atoms with Crippen molar-refractivity contribution in [1.82, 2.24) is 9.21 Å². The maximum absolute atomic E-state index is 13.2. The smallest absolute Gasteiger partial charge is 0.247 e. The number of rotatable bonds is 6. The lowest BCUT2D eigenvalue weighted by Gasteiger charge is -2.26. The standard InChI is InChI=1S/C22H33N3O5S/c1-16(2)22(27)25-14-8-9-19(25)21(26)23-18-15-17(10-11-20(18)30-3)31(28,29)24-12-6-4-5-7-13-24/h10-11,15-16,19H,4-9,12-14H2,1-3H3,(H,23,26). The predicted octanol–water partition coefficient (Wildman–Crippen LogP) is 2.85. The maximum atomic E-state index is 13.2. The summed E-state index contributed by atoms with van der Waals surface area (Å²) in [7, 11) is -2.19. The minimum absolute atomic E-state index is 0.0536. The average molecular weight is 452 g/mol. The third-order valence-electron chi connectivity index (χ3n) is 5.96. The number of anilines is 1. The zero-order valence-corrected chi connectivity index (χ0v) is 19.4. The van der Waals surface area contributed by atoms with Crippen LogP contribution in [-0.2, 0) is 19.6 Å². The Morgan fingerprint density at radius 2 is 1.74 bits per heavy atom. The van der Waals surface area contributed by atoms with Crippen molar-refractivity contribution < 1.29 is 22.7 Å². The molecule has 0 saturated carbocycles. The fraction of sp³-hybridized carbons (Fsp3) is 0.636. The molecule has 0 aliphatic carbocycles. The van der Waals surface area contributed by atoms with Crippen molar-refractivity contribution in [1.29, 1.82) is 0 Å². The lowest BCUT2D eigenvalue weighted by molar-refractivity contribution is -0.139. The van der Waals surface area contributed by atoms with Gasteiger partial charge in [0.25, 0.3) is 0 Å². The molecule has 172 valence electrons. The van der Waals surface area contributed by atoms with E-state index in [-0.39, 0.29) is 22.6 Å². The summed E-state index contributed by atoms with van der Waals surface area (Å²) < 4.78 is 33.2. The molecule has 8 nitrogen and oxygen atoms in total. The Morgan fingerprint density at radius 1 is 1.06 bits per heavy atom.